The third-order valence-corrected chi connectivity index (χ3v) is 4.88. The Labute approximate surface area is 134 Å². The Hall–Kier alpha value is -2.26. The van der Waals surface area contributed by atoms with Gasteiger partial charge >= 0.3 is 0 Å². The van der Waals surface area contributed by atoms with Gasteiger partial charge in [0.25, 0.3) is 0 Å². The van der Waals surface area contributed by atoms with Crippen LogP contribution in [0, 0.1) is 20.8 Å². The zero-order chi connectivity index (χ0) is 15.3. The molecule has 3 heteroatoms. The highest BCUT2D eigenvalue weighted by Crippen LogP contribution is 2.53. The van der Waals surface area contributed by atoms with Gasteiger partial charge in [-0.3, -0.25) is 4.90 Å². The smallest absolute Gasteiger partial charge is 0.162 e. The van der Waals surface area contributed by atoms with Gasteiger partial charge in [-0.2, -0.15) is 0 Å². The van der Waals surface area contributed by atoms with Crippen molar-refractivity contribution in [3.63, 3.8) is 0 Å². The van der Waals surface area contributed by atoms with Crippen LogP contribution in [0.15, 0.2) is 47.8 Å². The lowest BCUT2D eigenvalue weighted by molar-refractivity contribution is 0.479. The van der Waals surface area contributed by atoms with Crippen LogP contribution in [0.4, 0.5) is 16.4 Å². The van der Waals surface area contributed by atoms with E-state index in [-0.39, 0.29) is 0 Å². The Morgan fingerprint density at radius 2 is 1.64 bits per heavy atom. The van der Waals surface area contributed by atoms with Gasteiger partial charge in [0, 0.05) is 0 Å². The maximum Gasteiger partial charge on any atom is 0.162 e. The van der Waals surface area contributed by atoms with Crippen molar-refractivity contribution >= 4 is 27.7 Å². The minimum atomic E-state index is 0.910. The third kappa shape index (κ3) is 1.93. The van der Waals surface area contributed by atoms with E-state index < -0.39 is 0 Å². The number of anilines is 3. The second kappa shape index (κ2) is 4.89. The number of nitrogens with zero attached hydrogens (tertiary/aromatic N) is 1. The highest BCUT2D eigenvalue weighted by Gasteiger charge is 2.28. The second-order valence-electron chi connectivity index (χ2n) is 5.74. The van der Waals surface area contributed by atoms with Crippen LogP contribution in [0.2, 0.25) is 0 Å². The van der Waals surface area contributed by atoms with E-state index in [0.717, 1.165) is 22.2 Å². The molecule has 0 saturated heterocycles. The highest BCUT2D eigenvalue weighted by atomic mass is 32.1. The summed E-state index contributed by atoms with van der Waals surface area (Å²) in [6.45, 7) is 6.51. The molecule has 2 aromatic carbocycles. The summed E-state index contributed by atoms with van der Waals surface area (Å²) in [4.78, 5) is 2.34. The Morgan fingerprint density at radius 1 is 0.909 bits per heavy atom. The monoisotopic (exact) mass is 307 g/mol. The van der Waals surface area contributed by atoms with E-state index in [1.165, 1.54) is 22.4 Å². The van der Waals surface area contributed by atoms with Gasteiger partial charge in [0.1, 0.15) is 5.00 Å². The van der Waals surface area contributed by atoms with Gasteiger partial charge in [-0.1, -0.05) is 29.8 Å². The largest absolute Gasteiger partial charge is 0.452 e. The molecule has 2 nitrogen and oxygen atoms in total. The van der Waals surface area contributed by atoms with Crippen molar-refractivity contribution in [3.8, 4) is 11.5 Å². The zero-order valence-corrected chi connectivity index (χ0v) is 13.7. The van der Waals surface area contributed by atoms with Crippen LogP contribution in [0.5, 0.6) is 11.5 Å². The molecule has 1 aliphatic rings. The fourth-order valence-corrected chi connectivity index (χ4v) is 4.07. The fourth-order valence-electron chi connectivity index (χ4n) is 3.23. The molecule has 0 bridgehead atoms. The summed E-state index contributed by atoms with van der Waals surface area (Å²) in [7, 11) is 0. The molecule has 0 aliphatic carbocycles. The van der Waals surface area contributed by atoms with Gasteiger partial charge in [-0.15, -0.1) is 11.3 Å². The first-order valence-electron chi connectivity index (χ1n) is 7.37. The maximum absolute atomic E-state index is 6.04. The number of aryl methyl sites for hydroxylation is 3. The van der Waals surface area contributed by atoms with E-state index in [9.17, 15) is 0 Å². The van der Waals surface area contributed by atoms with Crippen molar-refractivity contribution in [2.24, 2.45) is 0 Å². The predicted octanol–water partition coefficient (Wildman–Crippen LogP) is 6.25. The molecule has 0 spiro atoms. The summed E-state index contributed by atoms with van der Waals surface area (Å²) in [5.74, 6) is 1.84. The van der Waals surface area contributed by atoms with Crippen LogP contribution >= 0.6 is 11.3 Å². The van der Waals surface area contributed by atoms with E-state index in [0.29, 0.717) is 0 Å². The normalized spacial score (nSPS) is 12.6. The molecular formula is C19H17NOS. The summed E-state index contributed by atoms with van der Waals surface area (Å²) in [5.41, 5.74) is 6.23. The van der Waals surface area contributed by atoms with Crippen molar-refractivity contribution in [1.82, 2.24) is 0 Å². The molecule has 0 unspecified atom stereocenters. The van der Waals surface area contributed by atoms with Gasteiger partial charge in [0.15, 0.2) is 11.5 Å². The molecule has 0 amide bonds. The van der Waals surface area contributed by atoms with Gasteiger partial charge in [-0.25, -0.2) is 0 Å². The van der Waals surface area contributed by atoms with Crippen molar-refractivity contribution in [2.45, 2.75) is 20.8 Å². The third-order valence-electron chi connectivity index (χ3n) is 4.00. The summed E-state index contributed by atoms with van der Waals surface area (Å²) in [6.07, 6.45) is 0. The topological polar surface area (TPSA) is 12.5 Å². The van der Waals surface area contributed by atoms with Gasteiger partial charge < -0.3 is 4.74 Å². The summed E-state index contributed by atoms with van der Waals surface area (Å²) in [5, 5.41) is 3.23. The number of thiophene rings is 1. The molecule has 0 fully saturated rings. The standard InChI is InChI=1S/C19H17NOS/c1-12-10-13(2)18(14(3)11-12)20-15-6-4-5-7-16(15)21-17-8-9-22-19(17)20/h4-11H,1-3H3. The molecular weight excluding hydrogens is 290 g/mol. The van der Waals surface area contributed by atoms with Crippen molar-refractivity contribution in [1.29, 1.82) is 0 Å². The molecule has 0 atom stereocenters. The Morgan fingerprint density at radius 3 is 2.41 bits per heavy atom. The van der Waals surface area contributed by atoms with Gasteiger partial charge in [0.2, 0.25) is 0 Å². The van der Waals surface area contributed by atoms with Crippen molar-refractivity contribution in [2.75, 3.05) is 4.90 Å². The number of benzene rings is 2. The van der Waals surface area contributed by atoms with E-state index in [2.05, 4.69) is 55.3 Å². The van der Waals surface area contributed by atoms with Gasteiger partial charge in [-0.05, 0) is 55.5 Å². The number of para-hydroxylation sites is 2. The second-order valence-corrected chi connectivity index (χ2v) is 6.64. The summed E-state index contributed by atoms with van der Waals surface area (Å²) in [6, 6.07) is 14.8. The zero-order valence-electron chi connectivity index (χ0n) is 12.9. The number of hydrogen-bond acceptors (Lipinski definition) is 3. The SMILES string of the molecule is Cc1cc(C)c(N2c3ccccc3Oc3ccsc32)c(C)c1. The van der Waals surface area contributed by atoms with Gasteiger partial charge in [0.05, 0.1) is 11.4 Å². The Bertz CT molecular complexity index is 842. The lowest BCUT2D eigenvalue weighted by atomic mass is 10.0. The average molecular weight is 307 g/mol. The molecule has 1 aromatic heterocycles. The summed E-state index contributed by atoms with van der Waals surface area (Å²) >= 11 is 1.71. The van der Waals surface area contributed by atoms with Crippen LogP contribution in [-0.4, -0.2) is 0 Å². The first-order chi connectivity index (χ1) is 10.6. The minimum Gasteiger partial charge on any atom is -0.452 e. The first kappa shape index (κ1) is 13.4. The van der Waals surface area contributed by atoms with Crippen molar-refractivity contribution in [3.05, 3.63) is 64.5 Å². The van der Waals surface area contributed by atoms with Crippen LogP contribution in [0.3, 0.4) is 0 Å². The molecule has 22 heavy (non-hydrogen) atoms. The van der Waals surface area contributed by atoms with E-state index in [1.54, 1.807) is 11.3 Å². The van der Waals surface area contributed by atoms with E-state index in [1.807, 2.05) is 18.2 Å². The number of hydrogen-bond donors (Lipinski definition) is 0. The Balaban J connectivity index is 2.01. The Kier molecular flexibility index (Phi) is 2.98. The fraction of sp³-hybridized carbons (Fsp3) is 0.158. The number of rotatable bonds is 1. The van der Waals surface area contributed by atoms with Crippen LogP contribution in [0.25, 0.3) is 0 Å². The molecule has 0 N–H and O–H groups in total. The highest BCUT2D eigenvalue weighted by molar-refractivity contribution is 7.14. The number of fused-ring (bicyclic) bond motifs is 2. The molecule has 1 aliphatic heterocycles. The quantitative estimate of drug-likeness (QED) is 0.412. The molecule has 0 radical (unpaired) electrons. The molecule has 3 aromatic rings. The van der Waals surface area contributed by atoms with Crippen LogP contribution < -0.4 is 9.64 Å². The molecule has 4 rings (SSSR count). The number of ether oxygens (including phenoxy) is 1. The molecule has 0 saturated carbocycles. The van der Waals surface area contributed by atoms with Crippen LogP contribution in [-0.2, 0) is 0 Å². The first-order valence-corrected chi connectivity index (χ1v) is 8.25. The van der Waals surface area contributed by atoms with E-state index in [4.69, 9.17) is 4.74 Å². The molecule has 2 heterocycles. The van der Waals surface area contributed by atoms with E-state index >= 15 is 0 Å². The molecule has 110 valence electrons. The summed E-state index contributed by atoms with van der Waals surface area (Å²) < 4.78 is 6.04. The average Bonchev–Trinajstić information content (AvgIpc) is 2.93. The lowest BCUT2D eigenvalue weighted by Crippen LogP contribution is -2.16. The lowest BCUT2D eigenvalue weighted by Gasteiger charge is -2.32. The maximum atomic E-state index is 6.04. The minimum absolute atomic E-state index is 0.910. The van der Waals surface area contributed by atoms with Crippen LogP contribution in [0.1, 0.15) is 16.7 Å². The predicted molar refractivity (Wildman–Crippen MR) is 93.3 cm³/mol. The van der Waals surface area contributed by atoms with Crippen molar-refractivity contribution < 1.29 is 4.74 Å².